The number of carbonyl (C=O) groups is 1. The van der Waals surface area contributed by atoms with Crippen LogP contribution in [0.2, 0.25) is 0 Å². The van der Waals surface area contributed by atoms with Crippen LogP contribution in [0.5, 0.6) is 5.75 Å². The molecule has 1 aromatic rings. The molecule has 2 nitrogen and oxygen atoms in total. The molecular weight excluding hydrogens is 226 g/mol. The smallest absolute Gasteiger partial charge is 0.162 e. The van der Waals surface area contributed by atoms with Crippen molar-refractivity contribution in [1.29, 1.82) is 0 Å². The SMILES string of the molecule is CCC1(C)C(=O)CC1Oc1ccc(F)c(F)c1. The third kappa shape index (κ3) is 1.92. The maximum absolute atomic E-state index is 13.0. The van der Waals surface area contributed by atoms with Gasteiger partial charge < -0.3 is 4.74 Å². The summed E-state index contributed by atoms with van der Waals surface area (Å²) in [5, 5.41) is 0. The number of hydrogen-bond acceptors (Lipinski definition) is 2. The molecule has 92 valence electrons. The van der Waals surface area contributed by atoms with E-state index in [2.05, 4.69) is 0 Å². The van der Waals surface area contributed by atoms with Crippen LogP contribution in [-0.2, 0) is 4.79 Å². The first kappa shape index (κ1) is 12.0. The topological polar surface area (TPSA) is 26.3 Å². The predicted molar refractivity (Wildman–Crippen MR) is 58.8 cm³/mol. The van der Waals surface area contributed by atoms with E-state index in [1.807, 2.05) is 13.8 Å². The fourth-order valence-electron chi connectivity index (χ4n) is 1.99. The number of rotatable bonds is 3. The Kier molecular flexibility index (Phi) is 2.89. The van der Waals surface area contributed by atoms with Crippen molar-refractivity contribution in [3.63, 3.8) is 0 Å². The molecule has 0 aliphatic heterocycles. The highest BCUT2D eigenvalue weighted by molar-refractivity contribution is 5.92. The summed E-state index contributed by atoms with van der Waals surface area (Å²) in [6.07, 6.45) is 0.772. The summed E-state index contributed by atoms with van der Waals surface area (Å²) in [6.45, 7) is 3.75. The zero-order chi connectivity index (χ0) is 12.6. The lowest BCUT2D eigenvalue weighted by Gasteiger charge is -2.44. The highest BCUT2D eigenvalue weighted by Crippen LogP contribution is 2.42. The van der Waals surface area contributed by atoms with Gasteiger partial charge in [0.1, 0.15) is 17.6 Å². The largest absolute Gasteiger partial charge is 0.489 e. The van der Waals surface area contributed by atoms with Crippen molar-refractivity contribution in [3.8, 4) is 5.75 Å². The molecule has 0 saturated heterocycles. The highest BCUT2D eigenvalue weighted by Gasteiger charge is 2.51. The minimum Gasteiger partial charge on any atom is -0.489 e. The van der Waals surface area contributed by atoms with Crippen LogP contribution in [0.15, 0.2) is 18.2 Å². The van der Waals surface area contributed by atoms with Crippen molar-refractivity contribution in [2.45, 2.75) is 32.8 Å². The van der Waals surface area contributed by atoms with E-state index in [0.29, 0.717) is 12.8 Å². The maximum Gasteiger partial charge on any atom is 0.162 e. The summed E-state index contributed by atoms with van der Waals surface area (Å²) in [5.74, 6) is -1.42. The van der Waals surface area contributed by atoms with Crippen molar-refractivity contribution < 1.29 is 18.3 Å². The molecule has 1 fully saturated rings. The molecule has 0 amide bonds. The van der Waals surface area contributed by atoms with Crippen LogP contribution in [0.3, 0.4) is 0 Å². The van der Waals surface area contributed by atoms with E-state index < -0.39 is 17.0 Å². The second kappa shape index (κ2) is 4.09. The molecule has 0 radical (unpaired) electrons. The predicted octanol–water partition coefficient (Wildman–Crippen LogP) is 3.10. The molecule has 17 heavy (non-hydrogen) atoms. The van der Waals surface area contributed by atoms with Crippen LogP contribution < -0.4 is 4.74 Å². The van der Waals surface area contributed by atoms with Gasteiger partial charge in [0.25, 0.3) is 0 Å². The summed E-state index contributed by atoms with van der Waals surface area (Å²) in [5.41, 5.74) is -0.495. The van der Waals surface area contributed by atoms with Gasteiger partial charge in [-0.3, -0.25) is 4.79 Å². The molecule has 0 aromatic heterocycles. The molecule has 2 atom stereocenters. The molecule has 2 rings (SSSR count). The fraction of sp³-hybridized carbons (Fsp3) is 0.462. The van der Waals surface area contributed by atoms with Gasteiger partial charge in [-0.25, -0.2) is 8.78 Å². The molecule has 1 saturated carbocycles. The van der Waals surface area contributed by atoms with Crippen LogP contribution >= 0.6 is 0 Å². The first-order chi connectivity index (χ1) is 7.97. The van der Waals surface area contributed by atoms with Crippen LogP contribution in [0.25, 0.3) is 0 Å². The summed E-state index contributed by atoms with van der Waals surface area (Å²) >= 11 is 0. The Morgan fingerprint density at radius 1 is 1.41 bits per heavy atom. The van der Waals surface area contributed by atoms with Crippen molar-refractivity contribution in [3.05, 3.63) is 29.8 Å². The van der Waals surface area contributed by atoms with Gasteiger partial charge in [-0.1, -0.05) is 6.92 Å². The van der Waals surface area contributed by atoms with E-state index in [-0.39, 0.29) is 17.6 Å². The number of ketones is 1. The zero-order valence-corrected chi connectivity index (χ0v) is 9.80. The Morgan fingerprint density at radius 2 is 2.12 bits per heavy atom. The van der Waals surface area contributed by atoms with Gasteiger partial charge in [0.05, 0.1) is 5.41 Å². The van der Waals surface area contributed by atoms with Gasteiger partial charge in [0, 0.05) is 12.5 Å². The van der Waals surface area contributed by atoms with Gasteiger partial charge in [0.2, 0.25) is 0 Å². The van der Waals surface area contributed by atoms with Gasteiger partial charge >= 0.3 is 0 Å². The second-order valence-electron chi connectivity index (χ2n) is 4.58. The standard InChI is InChI=1S/C13H14F2O2/c1-3-13(2)11(16)7-12(13)17-8-4-5-9(14)10(15)6-8/h4-6,12H,3,7H2,1-2H3. The van der Waals surface area contributed by atoms with Crippen molar-refractivity contribution in [2.24, 2.45) is 5.41 Å². The van der Waals surface area contributed by atoms with Gasteiger partial charge in [-0.05, 0) is 25.5 Å². The molecule has 1 aliphatic rings. The summed E-state index contributed by atoms with van der Waals surface area (Å²) < 4.78 is 31.2. The van der Waals surface area contributed by atoms with Crippen LogP contribution in [0, 0.1) is 17.0 Å². The minimum absolute atomic E-state index is 0.160. The second-order valence-corrected chi connectivity index (χ2v) is 4.58. The average molecular weight is 240 g/mol. The average Bonchev–Trinajstić information content (AvgIpc) is 2.32. The Balaban J connectivity index is 2.12. The van der Waals surface area contributed by atoms with E-state index in [1.54, 1.807) is 0 Å². The van der Waals surface area contributed by atoms with E-state index in [9.17, 15) is 13.6 Å². The number of carbonyl (C=O) groups excluding carboxylic acids is 1. The van der Waals surface area contributed by atoms with Crippen LogP contribution in [0.1, 0.15) is 26.7 Å². The minimum atomic E-state index is -0.939. The molecule has 2 unspecified atom stereocenters. The van der Waals surface area contributed by atoms with Gasteiger partial charge in [0.15, 0.2) is 11.6 Å². The fourth-order valence-corrected chi connectivity index (χ4v) is 1.99. The molecule has 0 N–H and O–H groups in total. The van der Waals surface area contributed by atoms with Gasteiger partial charge in [-0.2, -0.15) is 0 Å². The van der Waals surface area contributed by atoms with Crippen LogP contribution in [-0.4, -0.2) is 11.9 Å². The Hall–Kier alpha value is -1.45. The third-order valence-corrected chi connectivity index (χ3v) is 3.62. The number of hydrogen-bond donors (Lipinski definition) is 0. The summed E-state index contributed by atoms with van der Waals surface area (Å²) in [7, 11) is 0. The van der Waals surface area contributed by atoms with Crippen LogP contribution in [0.4, 0.5) is 8.78 Å². The summed E-state index contributed by atoms with van der Waals surface area (Å²) in [4.78, 5) is 11.5. The first-order valence-corrected chi connectivity index (χ1v) is 5.62. The molecule has 4 heteroatoms. The Bertz CT molecular complexity index is 459. The van der Waals surface area contributed by atoms with E-state index in [1.165, 1.54) is 6.07 Å². The third-order valence-electron chi connectivity index (χ3n) is 3.62. The lowest BCUT2D eigenvalue weighted by molar-refractivity contribution is -0.150. The quantitative estimate of drug-likeness (QED) is 0.811. The molecule has 0 bridgehead atoms. The lowest BCUT2D eigenvalue weighted by Crippen LogP contribution is -2.54. The maximum atomic E-state index is 13.0. The number of halogens is 2. The molecule has 1 aromatic carbocycles. The van der Waals surface area contributed by atoms with Crippen molar-refractivity contribution >= 4 is 5.78 Å². The lowest BCUT2D eigenvalue weighted by atomic mass is 9.64. The summed E-state index contributed by atoms with van der Waals surface area (Å²) in [6, 6.07) is 3.40. The zero-order valence-electron chi connectivity index (χ0n) is 9.80. The van der Waals surface area contributed by atoms with E-state index >= 15 is 0 Å². The Morgan fingerprint density at radius 3 is 2.65 bits per heavy atom. The van der Waals surface area contributed by atoms with Crippen molar-refractivity contribution in [1.82, 2.24) is 0 Å². The van der Waals surface area contributed by atoms with Crippen molar-refractivity contribution in [2.75, 3.05) is 0 Å². The first-order valence-electron chi connectivity index (χ1n) is 5.62. The van der Waals surface area contributed by atoms with Gasteiger partial charge in [-0.15, -0.1) is 0 Å². The monoisotopic (exact) mass is 240 g/mol. The molecule has 0 spiro atoms. The van der Waals surface area contributed by atoms with E-state index in [4.69, 9.17) is 4.74 Å². The Labute approximate surface area is 98.6 Å². The van der Waals surface area contributed by atoms with E-state index in [0.717, 1.165) is 12.1 Å². The normalized spacial score (nSPS) is 27.8. The molecular formula is C13H14F2O2. The number of benzene rings is 1. The molecule has 1 aliphatic carbocycles. The number of Topliss-reactive ketones (excluding diaryl/α,β-unsaturated/α-hetero) is 1. The number of ether oxygens (including phenoxy) is 1. The highest BCUT2D eigenvalue weighted by atomic mass is 19.2. The molecule has 0 heterocycles.